The van der Waals surface area contributed by atoms with Crippen molar-refractivity contribution >= 4 is 28.6 Å². The maximum atomic E-state index is 10.7. The van der Waals surface area contributed by atoms with E-state index in [4.69, 9.17) is 9.84 Å². The molecule has 1 aromatic rings. The fourth-order valence-electron chi connectivity index (χ4n) is 1.38. The molecule has 0 unspecified atom stereocenters. The predicted octanol–water partition coefficient (Wildman–Crippen LogP) is 1.92. The van der Waals surface area contributed by atoms with E-state index in [0.717, 1.165) is 21.3 Å². The van der Waals surface area contributed by atoms with Gasteiger partial charge in [-0.15, -0.1) is 0 Å². The molecule has 0 spiro atoms. The van der Waals surface area contributed by atoms with E-state index in [2.05, 4.69) is 22.6 Å². The Bertz CT molecular complexity index is 373. The number of carboxylic acid groups (broad SMARTS) is 1. The number of carboxylic acids is 1. The highest BCUT2D eigenvalue weighted by Gasteiger charge is 2.18. The number of fused-ring (bicyclic) bond motifs is 1. The van der Waals surface area contributed by atoms with Crippen molar-refractivity contribution in [1.29, 1.82) is 0 Å². The summed E-state index contributed by atoms with van der Waals surface area (Å²) in [7, 11) is 0. The Labute approximate surface area is 88.9 Å². The molecule has 2 rings (SSSR count). The van der Waals surface area contributed by atoms with Gasteiger partial charge in [-0.25, -0.2) is 4.79 Å². The van der Waals surface area contributed by atoms with Crippen LogP contribution in [0, 0.1) is 3.57 Å². The molecule has 0 saturated heterocycles. The van der Waals surface area contributed by atoms with Crippen molar-refractivity contribution in [2.75, 3.05) is 6.61 Å². The molecule has 1 heterocycles. The van der Waals surface area contributed by atoms with Crippen LogP contribution in [-0.4, -0.2) is 17.7 Å². The van der Waals surface area contributed by atoms with Gasteiger partial charge in [0, 0.05) is 6.42 Å². The van der Waals surface area contributed by atoms with Crippen LogP contribution in [0.3, 0.4) is 0 Å². The minimum atomic E-state index is -0.882. The fourth-order valence-corrected chi connectivity index (χ4v) is 2.22. The molecular formula is C9H7IO3. The molecule has 0 saturated carbocycles. The van der Waals surface area contributed by atoms with Crippen LogP contribution in [-0.2, 0) is 6.42 Å². The van der Waals surface area contributed by atoms with E-state index in [0.29, 0.717) is 12.2 Å². The SMILES string of the molecule is O=C(O)c1cc(I)c2c(c1)CCO2. The van der Waals surface area contributed by atoms with E-state index >= 15 is 0 Å². The summed E-state index contributed by atoms with van der Waals surface area (Å²) in [6, 6.07) is 3.32. The van der Waals surface area contributed by atoms with E-state index < -0.39 is 5.97 Å². The number of hydrogen-bond donors (Lipinski definition) is 1. The zero-order valence-corrected chi connectivity index (χ0v) is 8.87. The molecule has 1 N–H and O–H groups in total. The van der Waals surface area contributed by atoms with Gasteiger partial charge in [0.2, 0.25) is 0 Å². The molecule has 4 heteroatoms. The van der Waals surface area contributed by atoms with Crippen LogP contribution in [0.1, 0.15) is 15.9 Å². The van der Waals surface area contributed by atoms with E-state index in [1.807, 2.05) is 0 Å². The first-order valence-electron chi connectivity index (χ1n) is 3.87. The molecule has 1 aliphatic heterocycles. The van der Waals surface area contributed by atoms with Gasteiger partial charge in [0.15, 0.2) is 0 Å². The number of halogens is 1. The van der Waals surface area contributed by atoms with E-state index in [1.165, 1.54) is 0 Å². The molecule has 0 aliphatic carbocycles. The number of aromatic carboxylic acids is 1. The summed E-state index contributed by atoms with van der Waals surface area (Å²) < 4.78 is 6.24. The lowest BCUT2D eigenvalue weighted by atomic mass is 10.1. The Morgan fingerprint density at radius 1 is 1.54 bits per heavy atom. The molecule has 0 bridgehead atoms. The lowest BCUT2D eigenvalue weighted by Crippen LogP contribution is -1.98. The van der Waals surface area contributed by atoms with E-state index in [-0.39, 0.29) is 0 Å². The third-order valence-corrected chi connectivity index (χ3v) is 2.79. The maximum absolute atomic E-state index is 10.7. The highest BCUT2D eigenvalue weighted by atomic mass is 127. The van der Waals surface area contributed by atoms with Crippen molar-refractivity contribution in [3.8, 4) is 5.75 Å². The lowest BCUT2D eigenvalue weighted by molar-refractivity contribution is 0.0696. The summed E-state index contributed by atoms with van der Waals surface area (Å²) in [6.07, 6.45) is 0.812. The Hall–Kier alpha value is -0.780. The second kappa shape index (κ2) is 3.17. The topological polar surface area (TPSA) is 46.5 Å². The zero-order valence-electron chi connectivity index (χ0n) is 6.71. The van der Waals surface area contributed by atoms with Crippen LogP contribution >= 0.6 is 22.6 Å². The number of rotatable bonds is 1. The standard InChI is InChI=1S/C9H7IO3/c10-7-4-6(9(11)12)3-5-1-2-13-8(5)7/h3-4H,1-2H2,(H,11,12). The Morgan fingerprint density at radius 3 is 3.00 bits per heavy atom. The Balaban J connectivity index is 2.55. The Morgan fingerprint density at radius 2 is 2.31 bits per heavy atom. The average Bonchev–Trinajstić information content (AvgIpc) is 2.51. The molecule has 13 heavy (non-hydrogen) atoms. The monoisotopic (exact) mass is 290 g/mol. The van der Waals surface area contributed by atoms with E-state index in [1.54, 1.807) is 12.1 Å². The number of carbonyl (C=O) groups is 1. The molecule has 0 radical (unpaired) electrons. The van der Waals surface area contributed by atoms with Crippen LogP contribution in [0.2, 0.25) is 0 Å². The second-order valence-electron chi connectivity index (χ2n) is 2.85. The van der Waals surface area contributed by atoms with Gasteiger partial charge in [0.05, 0.1) is 15.7 Å². The number of benzene rings is 1. The summed E-state index contributed by atoms with van der Waals surface area (Å²) in [5, 5.41) is 8.80. The van der Waals surface area contributed by atoms with Gasteiger partial charge in [0.25, 0.3) is 0 Å². The van der Waals surface area contributed by atoms with Gasteiger partial charge in [-0.2, -0.15) is 0 Å². The molecule has 1 aliphatic rings. The van der Waals surface area contributed by atoms with Gasteiger partial charge in [-0.3, -0.25) is 0 Å². The predicted molar refractivity (Wildman–Crippen MR) is 55.3 cm³/mol. The third kappa shape index (κ3) is 1.50. The highest BCUT2D eigenvalue weighted by Crippen LogP contribution is 2.31. The molecule has 1 aromatic carbocycles. The van der Waals surface area contributed by atoms with Crippen molar-refractivity contribution in [2.45, 2.75) is 6.42 Å². The van der Waals surface area contributed by atoms with Gasteiger partial charge in [0.1, 0.15) is 5.75 Å². The summed E-state index contributed by atoms with van der Waals surface area (Å²) in [4.78, 5) is 10.7. The van der Waals surface area contributed by atoms with E-state index in [9.17, 15) is 4.79 Å². The first kappa shape index (κ1) is 8.80. The van der Waals surface area contributed by atoms with Gasteiger partial charge in [-0.05, 0) is 40.3 Å². The molecule has 0 aromatic heterocycles. The van der Waals surface area contributed by atoms with Crippen molar-refractivity contribution < 1.29 is 14.6 Å². The zero-order chi connectivity index (χ0) is 9.42. The van der Waals surface area contributed by atoms with Gasteiger partial charge in [-0.1, -0.05) is 0 Å². The normalized spacial score (nSPS) is 13.6. The summed E-state index contributed by atoms with van der Waals surface area (Å²) in [5.41, 5.74) is 1.35. The van der Waals surface area contributed by atoms with Crippen molar-refractivity contribution in [1.82, 2.24) is 0 Å². The maximum Gasteiger partial charge on any atom is 0.335 e. The highest BCUT2D eigenvalue weighted by molar-refractivity contribution is 14.1. The number of hydrogen-bond acceptors (Lipinski definition) is 2. The van der Waals surface area contributed by atoms with Gasteiger partial charge < -0.3 is 9.84 Å². The first-order valence-corrected chi connectivity index (χ1v) is 4.95. The molecule has 0 fully saturated rings. The fraction of sp³-hybridized carbons (Fsp3) is 0.222. The summed E-state index contributed by atoms with van der Waals surface area (Å²) in [6.45, 7) is 0.661. The summed E-state index contributed by atoms with van der Waals surface area (Å²) in [5.74, 6) is -0.0294. The lowest BCUT2D eigenvalue weighted by Gasteiger charge is -2.03. The van der Waals surface area contributed by atoms with Crippen LogP contribution in [0.25, 0.3) is 0 Å². The Kier molecular flexibility index (Phi) is 2.15. The molecular weight excluding hydrogens is 283 g/mol. The summed E-state index contributed by atoms with van der Waals surface area (Å²) >= 11 is 2.10. The molecule has 3 nitrogen and oxygen atoms in total. The molecule has 0 atom stereocenters. The molecule has 68 valence electrons. The van der Waals surface area contributed by atoms with Crippen molar-refractivity contribution in [3.63, 3.8) is 0 Å². The third-order valence-electron chi connectivity index (χ3n) is 1.99. The number of ether oxygens (including phenoxy) is 1. The first-order chi connectivity index (χ1) is 6.18. The largest absolute Gasteiger partial charge is 0.492 e. The molecule has 0 amide bonds. The average molecular weight is 290 g/mol. The van der Waals surface area contributed by atoms with Gasteiger partial charge >= 0.3 is 5.97 Å². The van der Waals surface area contributed by atoms with Crippen LogP contribution in [0.5, 0.6) is 5.75 Å². The second-order valence-corrected chi connectivity index (χ2v) is 4.01. The quantitative estimate of drug-likeness (QED) is 0.804. The minimum absolute atomic E-state index is 0.341. The van der Waals surface area contributed by atoms with Crippen molar-refractivity contribution in [2.24, 2.45) is 0 Å². The van der Waals surface area contributed by atoms with Crippen LogP contribution in [0.4, 0.5) is 0 Å². The minimum Gasteiger partial charge on any atom is -0.492 e. The van der Waals surface area contributed by atoms with Crippen molar-refractivity contribution in [3.05, 3.63) is 26.8 Å². The van der Waals surface area contributed by atoms with Crippen LogP contribution < -0.4 is 4.74 Å². The van der Waals surface area contributed by atoms with Crippen LogP contribution in [0.15, 0.2) is 12.1 Å². The smallest absolute Gasteiger partial charge is 0.335 e.